The lowest BCUT2D eigenvalue weighted by atomic mass is 9.90. The lowest BCUT2D eigenvalue weighted by molar-refractivity contribution is -0.127. The van der Waals surface area contributed by atoms with E-state index in [2.05, 4.69) is 10.2 Å². The van der Waals surface area contributed by atoms with Gasteiger partial charge in [-0.2, -0.15) is 0 Å². The second kappa shape index (κ2) is 14.9. The number of likely N-dealkylation sites (tertiary alicyclic amines) is 2. The molecule has 2 aliphatic carbocycles. The SMILES string of the molecule is C1COCCN1.CC(C)(C)OC(=O)N1CC2CCC(C1)C2=O.CC(C)(C)OC(=O)N1CC2CCC(C1)C2N1CCOCC1. The van der Waals surface area contributed by atoms with Crippen molar-refractivity contribution in [2.45, 2.75) is 84.5 Å². The van der Waals surface area contributed by atoms with Gasteiger partial charge in [0, 0.05) is 70.2 Å². The van der Waals surface area contributed by atoms with Crippen LogP contribution in [0.4, 0.5) is 9.59 Å². The minimum Gasteiger partial charge on any atom is -0.444 e. The fourth-order valence-corrected chi connectivity index (χ4v) is 7.12. The van der Waals surface area contributed by atoms with Crippen molar-refractivity contribution >= 4 is 18.0 Å². The normalized spacial score (nSPS) is 30.9. The monoisotopic (exact) mass is 608 g/mol. The van der Waals surface area contributed by atoms with E-state index in [1.807, 2.05) is 46.4 Å². The Morgan fingerprint density at radius 2 is 1.14 bits per heavy atom. The van der Waals surface area contributed by atoms with Crippen molar-refractivity contribution in [2.75, 3.05) is 78.8 Å². The molecule has 4 saturated heterocycles. The third kappa shape index (κ3) is 10.0. The standard InChI is InChI=1S/C16H28N2O3.C12H19NO3.C4H9NO/c1-16(2,3)21-15(19)18-10-12-4-5-13(11-18)14(12)17-6-8-20-9-7-17;1-12(2,3)16-11(15)13-6-8-4-5-9(7-13)10(8)14;1-3-6-4-2-5-1/h12-14H,4-11H2,1-3H3;8-9H,4-7H2,1-3H3;5H,1-4H2. The lowest BCUT2D eigenvalue weighted by Crippen LogP contribution is -2.56. The maximum Gasteiger partial charge on any atom is 0.410 e. The largest absolute Gasteiger partial charge is 0.444 e. The Hall–Kier alpha value is -1.95. The van der Waals surface area contributed by atoms with Gasteiger partial charge in [0.1, 0.15) is 17.0 Å². The van der Waals surface area contributed by atoms with Crippen LogP contribution < -0.4 is 5.32 Å². The van der Waals surface area contributed by atoms with Gasteiger partial charge in [0.25, 0.3) is 0 Å². The van der Waals surface area contributed by atoms with Crippen LogP contribution in [0.25, 0.3) is 0 Å². The summed E-state index contributed by atoms with van der Waals surface area (Å²) in [5.41, 5.74) is -0.866. The zero-order valence-electron chi connectivity index (χ0n) is 27.4. The quantitative estimate of drug-likeness (QED) is 0.479. The van der Waals surface area contributed by atoms with Gasteiger partial charge in [-0.15, -0.1) is 0 Å². The summed E-state index contributed by atoms with van der Waals surface area (Å²) in [7, 11) is 0. The van der Waals surface area contributed by atoms with Gasteiger partial charge >= 0.3 is 12.2 Å². The summed E-state index contributed by atoms with van der Waals surface area (Å²) in [6.45, 7) is 21.8. The summed E-state index contributed by atoms with van der Waals surface area (Å²) in [6, 6.07) is 0.646. The summed E-state index contributed by atoms with van der Waals surface area (Å²) < 4.78 is 21.3. The second-order valence-corrected chi connectivity index (χ2v) is 14.7. The topological polar surface area (TPSA) is 110 Å². The number of amides is 2. The average Bonchev–Trinajstić information content (AvgIpc) is 3.31. The molecular formula is C32H56N4O7. The number of Topliss-reactive ketones (excluding diaryl/α,β-unsaturated/α-hetero) is 1. The predicted octanol–water partition coefficient (Wildman–Crippen LogP) is 3.40. The molecule has 0 aromatic carbocycles. The molecule has 6 aliphatic rings. The Bertz CT molecular complexity index is 897. The molecule has 0 spiro atoms. The van der Waals surface area contributed by atoms with E-state index in [0.717, 1.165) is 78.5 Å². The minimum absolute atomic E-state index is 0.0614. The highest BCUT2D eigenvalue weighted by Gasteiger charge is 2.47. The first-order valence-electron chi connectivity index (χ1n) is 16.4. The molecule has 4 atom stereocenters. The molecule has 43 heavy (non-hydrogen) atoms. The van der Waals surface area contributed by atoms with Crippen molar-refractivity contribution in [3.05, 3.63) is 0 Å². The minimum atomic E-state index is -0.461. The smallest absolute Gasteiger partial charge is 0.410 e. The van der Waals surface area contributed by atoms with Gasteiger partial charge in [-0.25, -0.2) is 9.59 Å². The van der Waals surface area contributed by atoms with E-state index < -0.39 is 11.2 Å². The number of carbonyl (C=O) groups is 3. The van der Waals surface area contributed by atoms with Gasteiger partial charge in [0.2, 0.25) is 0 Å². The van der Waals surface area contributed by atoms with Crippen LogP contribution in [-0.4, -0.2) is 129 Å². The van der Waals surface area contributed by atoms with Gasteiger partial charge in [0.15, 0.2) is 0 Å². The van der Waals surface area contributed by atoms with E-state index in [-0.39, 0.29) is 24.0 Å². The fraction of sp³-hybridized carbons (Fsp3) is 0.906. The maximum atomic E-state index is 12.3. The molecule has 2 saturated carbocycles. The van der Waals surface area contributed by atoms with Crippen molar-refractivity contribution in [3.8, 4) is 0 Å². The molecule has 4 heterocycles. The van der Waals surface area contributed by atoms with Gasteiger partial charge in [-0.05, 0) is 79.1 Å². The number of morpholine rings is 2. The number of fused-ring (bicyclic) bond motifs is 4. The van der Waals surface area contributed by atoms with E-state index in [4.69, 9.17) is 18.9 Å². The molecule has 4 bridgehead atoms. The van der Waals surface area contributed by atoms with Crippen LogP contribution in [0, 0.1) is 23.7 Å². The first kappa shape index (κ1) is 33.9. The maximum absolute atomic E-state index is 12.3. The van der Waals surface area contributed by atoms with Crippen LogP contribution in [0.1, 0.15) is 67.2 Å². The number of piperidine rings is 2. The Morgan fingerprint density at radius 3 is 1.53 bits per heavy atom. The molecule has 4 aliphatic heterocycles. The van der Waals surface area contributed by atoms with Crippen molar-refractivity contribution in [1.82, 2.24) is 20.0 Å². The summed E-state index contributed by atoms with van der Waals surface area (Å²) in [5, 5.41) is 3.16. The second-order valence-electron chi connectivity index (χ2n) is 14.7. The van der Waals surface area contributed by atoms with Gasteiger partial charge in [-0.3, -0.25) is 9.69 Å². The van der Waals surface area contributed by atoms with Crippen molar-refractivity contribution in [1.29, 1.82) is 0 Å². The fourth-order valence-electron chi connectivity index (χ4n) is 7.12. The summed E-state index contributed by atoms with van der Waals surface area (Å²) in [4.78, 5) is 42.0. The summed E-state index contributed by atoms with van der Waals surface area (Å²) in [6.07, 6.45) is 3.93. The number of nitrogens with one attached hydrogen (secondary N) is 1. The van der Waals surface area contributed by atoms with E-state index in [1.165, 1.54) is 12.8 Å². The molecule has 11 heteroatoms. The van der Waals surface area contributed by atoms with E-state index in [0.29, 0.717) is 36.8 Å². The molecule has 1 N–H and O–H groups in total. The Kier molecular flexibility index (Phi) is 11.7. The number of carbonyl (C=O) groups excluding carboxylic acids is 3. The number of ketones is 1. The Balaban J connectivity index is 0.000000169. The number of nitrogens with zero attached hydrogens (tertiary/aromatic N) is 3. The van der Waals surface area contributed by atoms with Crippen molar-refractivity contribution in [2.24, 2.45) is 23.7 Å². The van der Waals surface area contributed by atoms with E-state index in [1.54, 1.807) is 4.90 Å². The zero-order chi connectivity index (χ0) is 31.2. The van der Waals surface area contributed by atoms with Gasteiger partial charge < -0.3 is 34.1 Å². The van der Waals surface area contributed by atoms with Crippen LogP contribution in [0.3, 0.4) is 0 Å². The molecule has 6 fully saturated rings. The zero-order valence-corrected chi connectivity index (χ0v) is 27.4. The highest BCUT2D eigenvalue weighted by Crippen LogP contribution is 2.40. The number of hydrogen-bond donors (Lipinski definition) is 1. The predicted molar refractivity (Wildman–Crippen MR) is 163 cm³/mol. The first-order valence-corrected chi connectivity index (χ1v) is 16.4. The highest BCUT2D eigenvalue weighted by atomic mass is 16.6. The molecule has 2 amide bonds. The summed E-state index contributed by atoms with van der Waals surface area (Å²) in [5.74, 6) is 1.68. The third-order valence-corrected chi connectivity index (χ3v) is 8.95. The summed E-state index contributed by atoms with van der Waals surface area (Å²) >= 11 is 0. The highest BCUT2D eigenvalue weighted by molar-refractivity contribution is 5.88. The molecular weight excluding hydrogens is 552 g/mol. The van der Waals surface area contributed by atoms with Gasteiger partial charge in [-0.1, -0.05) is 0 Å². The van der Waals surface area contributed by atoms with E-state index >= 15 is 0 Å². The Labute approximate surface area is 258 Å². The molecule has 4 unspecified atom stereocenters. The molecule has 0 aromatic heterocycles. The average molecular weight is 609 g/mol. The molecule has 246 valence electrons. The first-order chi connectivity index (χ1) is 20.3. The molecule has 6 rings (SSSR count). The van der Waals surface area contributed by atoms with Crippen molar-refractivity contribution in [3.63, 3.8) is 0 Å². The third-order valence-electron chi connectivity index (χ3n) is 8.95. The van der Waals surface area contributed by atoms with Crippen LogP contribution >= 0.6 is 0 Å². The van der Waals surface area contributed by atoms with Crippen LogP contribution in [0.2, 0.25) is 0 Å². The molecule has 0 aromatic rings. The molecule has 0 radical (unpaired) electrons. The van der Waals surface area contributed by atoms with Gasteiger partial charge in [0.05, 0.1) is 26.4 Å². The number of rotatable bonds is 1. The van der Waals surface area contributed by atoms with E-state index in [9.17, 15) is 14.4 Å². The molecule has 11 nitrogen and oxygen atoms in total. The van der Waals surface area contributed by atoms with Crippen LogP contribution in [-0.2, 0) is 23.7 Å². The number of hydrogen-bond acceptors (Lipinski definition) is 9. The number of ether oxygens (including phenoxy) is 4. The van der Waals surface area contributed by atoms with Crippen molar-refractivity contribution < 1.29 is 33.3 Å². The Morgan fingerprint density at radius 1 is 0.698 bits per heavy atom. The van der Waals surface area contributed by atoms with Crippen LogP contribution in [0.15, 0.2) is 0 Å². The lowest BCUT2D eigenvalue weighted by Gasteiger charge is -2.44. The van der Waals surface area contributed by atoms with Crippen LogP contribution in [0.5, 0.6) is 0 Å².